The van der Waals surface area contributed by atoms with Crippen molar-refractivity contribution < 1.29 is 4.79 Å². The van der Waals surface area contributed by atoms with E-state index in [4.69, 9.17) is 0 Å². The molecule has 0 radical (unpaired) electrons. The van der Waals surface area contributed by atoms with Crippen molar-refractivity contribution in [3.63, 3.8) is 0 Å². The van der Waals surface area contributed by atoms with Crippen LogP contribution in [-0.4, -0.2) is 21.8 Å². The van der Waals surface area contributed by atoms with Crippen LogP contribution in [0.15, 0.2) is 17.5 Å². The third-order valence-corrected chi connectivity index (χ3v) is 6.01. The second-order valence-corrected chi connectivity index (χ2v) is 8.44. The smallest absolute Gasteiger partial charge is 0.229 e. The summed E-state index contributed by atoms with van der Waals surface area (Å²) in [4.78, 5) is 22.0. The minimum Gasteiger partial charge on any atom is -0.334 e. The molecule has 0 aromatic carbocycles. The van der Waals surface area contributed by atoms with Crippen LogP contribution in [0.5, 0.6) is 0 Å². The minimum absolute atomic E-state index is 0.225. The van der Waals surface area contributed by atoms with E-state index in [9.17, 15) is 4.79 Å². The van der Waals surface area contributed by atoms with Crippen molar-refractivity contribution in [1.29, 1.82) is 0 Å². The first-order chi connectivity index (χ1) is 10.6. The summed E-state index contributed by atoms with van der Waals surface area (Å²) in [6, 6.07) is 4.71. The van der Waals surface area contributed by atoms with Gasteiger partial charge in [-0.3, -0.25) is 4.79 Å². The predicted octanol–water partition coefficient (Wildman–Crippen LogP) is 4.34. The summed E-state index contributed by atoms with van der Waals surface area (Å²) >= 11 is 3.41. The Balaban J connectivity index is 1.73. The highest BCUT2D eigenvalue weighted by atomic mass is 32.1. The van der Waals surface area contributed by atoms with Gasteiger partial charge in [0, 0.05) is 21.2 Å². The first-order valence-corrected chi connectivity index (χ1v) is 9.57. The molecule has 3 nitrogen and oxygen atoms in total. The number of nitrogens with zero attached hydrogens (tertiary/aromatic N) is 2. The Kier molecular flexibility index (Phi) is 4.93. The maximum absolute atomic E-state index is 12.8. The number of rotatable bonds is 5. The number of carbonyl (C=O) groups is 1. The molecule has 1 saturated carbocycles. The summed E-state index contributed by atoms with van der Waals surface area (Å²) in [5.74, 6) is 0.225. The molecule has 0 atom stereocenters. The van der Waals surface area contributed by atoms with E-state index in [0.29, 0.717) is 12.5 Å². The second-order valence-electron chi connectivity index (χ2n) is 6.01. The van der Waals surface area contributed by atoms with Gasteiger partial charge in [0.05, 0.1) is 23.7 Å². The number of thiophene rings is 1. The van der Waals surface area contributed by atoms with Crippen LogP contribution in [0.2, 0.25) is 0 Å². The molecule has 0 spiro atoms. The molecule has 0 saturated heterocycles. The first kappa shape index (κ1) is 15.7. The molecule has 2 heterocycles. The number of amides is 1. The van der Waals surface area contributed by atoms with E-state index in [1.807, 2.05) is 12.3 Å². The van der Waals surface area contributed by atoms with Crippen LogP contribution in [0.1, 0.15) is 46.1 Å². The highest BCUT2D eigenvalue weighted by Gasteiger charge is 2.27. The molecule has 0 unspecified atom stereocenters. The average Bonchev–Trinajstić information content (AvgIpc) is 3.19. The fraction of sp³-hybridized carbons (Fsp3) is 0.529. The molecule has 0 N–H and O–H groups in total. The molecule has 5 heteroatoms. The number of thiazole rings is 1. The van der Waals surface area contributed by atoms with Gasteiger partial charge in [-0.25, -0.2) is 4.98 Å². The van der Waals surface area contributed by atoms with Crippen molar-refractivity contribution in [2.75, 3.05) is 0 Å². The van der Waals surface area contributed by atoms with Crippen molar-refractivity contribution >= 4 is 28.6 Å². The van der Waals surface area contributed by atoms with E-state index in [0.717, 1.165) is 30.1 Å². The second kappa shape index (κ2) is 6.92. The van der Waals surface area contributed by atoms with Crippen molar-refractivity contribution in [1.82, 2.24) is 9.88 Å². The van der Waals surface area contributed by atoms with Crippen molar-refractivity contribution in [3.05, 3.63) is 38.0 Å². The Morgan fingerprint density at radius 3 is 2.68 bits per heavy atom. The maximum atomic E-state index is 12.8. The summed E-state index contributed by atoms with van der Waals surface area (Å²) in [5.41, 5.74) is 0.915. The van der Waals surface area contributed by atoms with Crippen LogP contribution in [0.4, 0.5) is 0 Å². The van der Waals surface area contributed by atoms with E-state index in [-0.39, 0.29) is 5.91 Å². The van der Waals surface area contributed by atoms with Gasteiger partial charge in [-0.2, -0.15) is 0 Å². The molecule has 3 rings (SSSR count). The molecule has 118 valence electrons. The Labute approximate surface area is 140 Å². The van der Waals surface area contributed by atoms with E-state index in [2.05, 4.69) is 28.9 Å². The standard InChI is InChI=1S/C17H22N2OS2/c1-12-7-8-16(22-12)10-19(15-5-3-4-6-15)17(20)9-14-11-21-13(2)18-14/h7-8,11,15H,3-6,9-10H2,1-2H3. The van der Waals surface area contributed by atoms with Crippen LogP contribution in [-0.2, 0) is 17.8 Å². The van der Waals surface area contributed by atoms with E-state index in [1.165, 1.54) is 22.6 Å². The maximum Gasteiger partial charge on any atom is 0.229 e. The minimum atomic E-state index is 0.225. The van der Waals surface area contributed by atoms with Crippen LogP contribution in [0.3, 0.4) is 0 Å². The highest BCUT2D eigenvalue weighted by Crippen LogP contribution is 2.27. The molecule has 0 bridgehead atoms. The largest absolute Gasteiger partial charge is 0.334 e. The molecular weight excluding hydrogens is 312 g/mol. The zero-order valence-electron chi connectivity index (χ0n) is 13.2. The average molecular weight is 335 g/mol. The summed E-state index contributed by atoms with van der Waals surface area (Å²) in [6.07, 6.45) is 5.21. The Morgan fingerprint density at radius 2 is 2.09 bits per heavy atom. The van der Waals surface area contributed by atoms with Crippen molar-refractivity contribution in [2.45, 2.75) is 58.5 Å². The zero-order chi connectivity index (χ0) is 15.5. The monoisotopic (exact) mass is 334 g/mol. The lowest BCUT2D eigenvalue weighted by molar-refractivity contribution is -0.133. The normalized spacial score (nSPS) is 15.4. The summed E-state index contributed by atoms with van der Waals surface area (Å²) in [7, 11) is 0. The number of aromatic nitrogens is 1. The first-order valence-electron chi connectivity index (χ1n) is 7.87. The van der Waals surface area contributed by atoms with Gasteiger partial charge in [-0.05, 0) is 38.8 Å². The lowest BCUT2D eigenvalue weighted by Gasteiger charge is -2.28. The molecule has 22 heavy (non-hydrogen) atoms. The molecule has 1 fully saturated rings. The molecular formula is C17H22N2OS2. The van der Waals surface area contributed by atoms with Gasteiger partial charge in [0.1, 0.15) is 0 Å². The van der Waals surface area contributed by atoms with Gasteiger partial charge in [-0.1, -0.05) is 12.8 Å². The van der Waals surface area contributed by atoms with Crippen LogP contribution >= 0.6 is 22.7 Å². The van der Waals surface area contributed by atoms with Gasteiger partial charge in [0.2, 0.25) is 5.91 Å². The summed E-state index contributed by atoms with van der Waals surface area (Å²) in [5, 5.41) is 3.04. The fourth-order valence-corrected chi connectivity index (χ4v) is 4.62. The SMILES string of the molecule is Cc1ccc(CN(C(=O)Cc2csc(C)n2)C2CCCC2)s1. The topological polar surface area (TPSA) is 33.2 Å². The van der Waals surface area contributed by atoms with Crippen LogP contribution < -0.4 is 0 Å². The van der Waals surface area contributed by atoms with Gasteiger partial charge in [0.25, 0.3) is 0 Å². The van der Waals surface area contributed by atoms with Gasteiger partial charge >= 0.3 is 0 Å². The molecule has 2 aromatic rings. The van der Waals surface area contributed by atoms with Gasteiger partial charge < -0.3 is 4.90 Å². The number of hydrogen-bond donors (Lipinski definition) is 0. The third-order valence-electron chi connectivity index (χ3n) is 4.21. The lowest BCUT2D eigenvalue weighted by atomic mass is 10.1. The van der Waals surface area contributed by atoms with Crippen LogP contribution in [0, 0.1) is 13.8 Å². The summed E-state index contributed by atoms with van der Waals surface area (Å²) in [6.45, 7) is 4.86. The molecule has 1 aliphatic rings. The number of carbonyl (C=O) groups excluding carboxylic acids is 1. The number of hydrogen-bond acceptors (Lipinski definition) is 4. The highest BCUT2D eigenvalue weighted by molar-refractivity contribution is 7.11. The quantitative estimate of drug-likeness (QED) is 0.815. The van der Waals surface area contributed by atoms with Gasteiger partial charge in [0.15, 0.2) is 0 Å². The zero-order valence-corrected chi connectivity index (χ0v) is 14.8. The predicted molar refractivity (Wildman–Crippen MR) is 92.4 cm³/mol. The fourth-order valence-electron chi connectivity index (χ4n) is 3.12. The van der Waals surface area contributed by atoms with E-state index < -0.39 is 0 Å². The van der Waals surface area contributed by atoms with E-state index >= 15 is 0 Å². The lowest BCUT2D eigenvalue weighted by Crippen LogP contribution is -2.39. The Morgan fingerprint density at radius 1 is 1.32 bits per heavy atom. The van der Waals surface area contributed by atoms with Gasteiger partial charge in [-0.15, -0.1) is 22.7 Å². The van der Waals surface area contributed by atoms with Crippen LogP contribution in [0.25, 0.3) is 0 Å². The molecule has 1 amide bonds. The van der Waals surface area contributed by atoms with E-state index in [1.54, 1.807) is 22.7 Å². The third kappa shape index (κ3) is 3.76. The van der Waals surface area contributed by atoms with Crippen molar-refractivity contribution in [2.24, 2.45) is 0 Å². The molecule has 1 aliphatic carbocycles. The number of aryl methyl sites for hydroxylation is 2. The molecule has 2 aromatic heterocycles. The Hall–Kier alpha value is -1.20. The van der Waals surface area contributed by atoms with Crippen molar-refractivity contribution in [3.8, 4) is 0 Å². The molecule has 0 aliphatic heterocycles. The summed E-state index contributed by atoms with van der Waals surface area (Å²) < 4.78 is 0. The Bertz CT molecular complexity index is 641.